The van der Waals surface area contributed by atoms with Crippen LogP contribution in [0.2, 0.25) is 0 Å². The van der Waals surface area contributed by atoms with E-state index < -0.39 is 23.4 Å². The van der Waals surface area contributed by atoms with Gasteiger partial charge in [-0.3, -0.25) is 9.98 Å². The third-order valence-corrected chi connectivity index (χ3v) is 17.1. The van der Waals surface area contributed by atoms with E-state index in [-0.39, 0.29) is 33.7 Å². The molecule has 478 valence electrons. The molecule has 0 spiro atoms. The first-order chi connectivity index (χ1) is 42.9. The van der Waals surface area contributed by atoms with Crippen molar-refractivity contribution < 1.29 is 19.1 Å². The molecule has 0 saturated carbocycles. The van der Waals surface area contributed by atoms with E-state index in [1.54, 1.807) is 0 Å². The first-order valence-corrected chi connectivity index (χ1v) is 32.2. The van der Waals surface area contributed by atoms with Crippen LogP contribution in [0.15, 0.2) is 150 Å². The van der Waals surface area contributed by atoms with E-state index in [0.29, 0.717) is 24.7 Å². The van der Waals surface area contributed by atoms with Crippen molar-refractivity contribution in [3.8, 4) is 46.2 Å². The largest absolute Gasteiger partial charge is 0.444 e. The molecule has 2 amide bonds. The molecule has 2 aliphatic rings. The van der Waals surface area contributed by atoms with E-state index in [4.69, 9.17) is 14.5 Å². The van der Waals surface area contributed by atoms with Crippen molar-refractivity contribution >= 4 is 61.5 Å². The maximum absolute atomic E-state index is 12.7. The number of hydrogen-bond acceptors (Lipinski definition) is 8. The SMILES string of the molecule is C[C@H](c1ncc(-c2ccc3cc(C#CC4=CN=C([C@@H](NC(=O)OC(C)(C)C)C(C)(C)C)C4)ccc3c2)[nH]1)C(C)(C)C.C[C@H](c1ncc(-c2ccc3cc(C#Cc4ccc5cc(C6=CN=C([C@@H](NC(=O)OC(C)(C)C)C(C)(C)C)C6)ccc5c4)ccc3c2)[nH]1)C(C)(C)C. The van der Waals surface area contributed by atoms with E-state index in [9.17, 15) is 9.59 Å². The van der Waals surface area contributed by atoms with Gasteiger partial charge in [-0.1, -0.05) is 175 Å². The molecule has 2 aliphatic heterocycles. The van der Waals surface area contributed by atoms with Crippen molar-refractivity contribution in [1.82, 2.24) is 30.6 Å². The maximum atomic E-state index is 12.7. The number of carbonyl (C=O) groups excluding carboxylic acids is 2. The first-order valence-electron chi connectivity index (χ1n) is 32.2. The van der Waals surface area contributed by atoms with Crippen LogP contribution in [0.4, 0.5) is 9.59 Å². The van der Waals surface area contributed by atoms with Gasteiger partial charge in [-0.25, -0.2) is 19.6 Å². The number of aromatic amines is 2. The molecule has 6 aromatic carbocycles. The van der Waals surface area contributed by atoms with Crippen LogP contribution in [0.5, 0.6) is 0 Å². The number of nitrogens with one attached hydrogen (secondary N) is 4. The number of fused-ring (bicyclic) bond motifs is 3. The maximum Gasteiger partial charge on any atom is 0.408 e. The molecule has 0 radical (unpaired) electrons. The number of nitrogens with zero attached hydrogens (tertiary/aromatic N) is 4. The Morgan fingerprint density at radius 2 is 0.783 bits per heavy atom. The molecule has 0 fully saturated rings. The molecule has 4 atom stereocenters. The highest BCUT2D eigenvalue weighted by Crippen LogP contribution is 2.37. The van der Waals surface area contributed by atoms with Gasteiger partial charge in [0.25, 0.3) is 0 Å². The zero-order valence-electron chi connectivity index (χ0n) is 57.8. The van der Waals surface area contributed by atoms with Crippen LogP contribution < -0.4 is 10.6 Å². The average molecular weight is 1230 g/mol. The number of imidazole rings is 2. The molecule has 12 nitrogen and oxygen atoms in total. The Bertz CT molecular complexity index is 4350. The van der Waals surface area contributed by atoms with Gasteiger partial charge in [0, 0.05) is 81.9 Å². The van der Waals surface area contributed by atoms with Gasteiger partial charge in [-0.2, -0.15) is 0 Å². The quantitative estimate of drug-likeness (QED) is 0.105. The highest BCUT2D eigenvalue weighted by Gasteiger charge is 2.36. The molecule has 12 heteroatoms. The number of carbonyl (C=O) groups is 2. The van der Waals surface area contributed by atoms with Crippen molar-refractivity contribution in [1.29, 1.82) is 0 Å². The van der Waals surface area contributed by atoms with Crippen molar-refractivity contribution in [2.24, 2.45) is 31.6 Å². The number of allylic oxidation sites excluding steroid dienone is 2. The molecule has 4 heterocycles. The van der Waals surface area contributed by atoms with Crippen LogP contribution in [-0.2, 0) is 9.47 Å². The molecule has 8 aromatic rings. The van der Waals surface area contributed by atoms with E-state index in [1.807, 2.05) is 66.3 Å². The van der Waals surface area contributed by atoms with Crippen LogP contribution in [0.3, 0.4) is 0 Å². The second-order valence-corrected chi connectivity index (χ2v) is 31.2. The Labute approximate surface area is 546 Å². The summed E-state index contributed by atoms with van der Waals surface area (Å²) >= 11 is 0. The minimum Gasteiger partial charge on any atom is -0.444 e. The van der Waals surface area contributed by atoms with E-state index >= 15 is 0 Å². The van der Waals surface area contributed by atoms with Crippen molar-refractivity contribution in [3.63, 3.8) is 0 Å². The fourth-order valence-corrected chi connectivity index (χ4v) is 11.0. The van der Waals surface area contributed by atoms with Gasteiger partial charge >= 0.3 is 12.2 Å². The molecule has 4 N–H and O–H groups in total. The fourth-order valence-electron chi connectivity index (χ4n) is 11.0. The Hall–Kier alpha value is -9.00. The van der Waals surface area contributed by atoms with Crippen LogP contribution in [0.1, 0.15) is 197 Å². The Morgan fingerprint density at radius 1 is 0.435 bits per heavy atom. The van der Waals surface area contributed by atoms with Crippen LogP contribution in [-0.4, -0.2) is 66.8 Å². The monoisotopic (exact) mass is 1230 g/mol. The van der Waals surface area contributed by atoms with Crippen molar-refractivity contribution in [2.75, 3.05) is 0 Å². The molecule has 2 aromatic heterocycles. The predicted molar refractivity (Wildman–Crippen MR) is 381 cm³/mol. The van der Waals surface area contributed by atoms with Gasteiger partial charge in [0.05, 0.1) is 35.9 Å². The standard InChI is InChI=1S/C45H50N4O2.C35H44N4O2/c1-28(43(2,3)4)41-47-27-39(48-41)36-20-19-32-22-30(14-16-34(32)24-36)12-11-29-13-15-33-23-35(18-17-31(33)21-29)37-25-38(46-26-37)40(44(5,6)7)49-42(50)51-45(8,9)10;1-22(33(2,3)4)31-37-21-29(38-31)27-16-15-25-17-23(13-14-26(25)19-27)11-12-24-18-28(36-20-24)30(34(5,6)7)39-32(40)41-35(8,9)10/h13-24,26-28,40H,25H2,1-10H3,(H,47,48)(H,49,50);13-17,19-22,30H,18H2,1-10H3,(H,37,38)(H,39,40)/t28-,40-;22-,30-/m11/s1. The van der Waals surface area contributed by atoms with E-state index in [0.717, 1.165) is 106 Å². The number of benzene rings is 6. The van der Waals surface area contributed by atoms with Crippen molar-refractivity contribution in [2.45, 2.75) is 186 Å². The van der Waals surface area contributed by atoms with Gasteiger partial charge < -0.3 is 30.1 Å². The minimum absolute atomic E-state index is 0.141. The van der Waals surface area contributed by atoms with Crippen LogP contribution in [0, 0.1) is 45.3 Å². The van der Waals surface area contributed by atoms with E-state index in [2.05, 4.69) is 265 Å². The average Bonchev–Trinajstić information content (AvgIpc) is 1.81. The lowest BCUT2D eigenvalue weighted by atomic mass is 9.82. The fraction of sp³-hybridized carbons (Fsp3) is 0.400. The zero-order chi connectivity index (χ0) is 66.9. The summed E-state index contributed by atoms with van der Waals surface area (Å²) in [5.41, 5.74) is 10.9. The number of aliphatic imine (C=N–C) groups is 2. The van der Waals surface area contributed by atoms with Gasteiger partial charge in [-0.15, -0.1) is 0 Å². The second-order valence-electron chi connectivity index (χ2n) is 31.2. The summed E-state index contributed by atoms with van der Waals surface area (Å²) in [6.45, 7) is 41.6. The highest BCUT2D eigenvalue weighted by atomic mass is 16.6. The topological polar surface area (TPSA) is 159 Å². The lowest BCUT2D eigenvalue weighted by molar-refractivity contribution is 0.0480. The number of rotatable bonds is 9. The number of H-pyrrole nitrogens is 2. The summed E-state index contributed by atoms with van der Waals surface area (Å²) in [5, 5.41) is 13.0. The summed E-state index contributed by atoms with van der Waals surface area (Å²) in [4.78, 5) is 51.0. The number of amides is 2. The number of aromatic nitrogens is 4. The van der Waals surface area contributed by atoms with Crippen molar-refractivity contribution in [3.05, 3.63) is 173 Å². The van der Waals surface area contributed by atoms with Crippen LogP contribution >= 0.6 is 0 Å². The predicted octanol–water partition coefficient (Wildman–Crippen LogP) is 19.5. The second kappa shape index (κ2) is 26.3. The smallest absolute Gasteiger partial charge is 0.408 e. The summed E-state index contributed by atoms with van der Waals surface area (Å²) in [7, 11) is 0. The molecule has 0 saturated heterocycles. The minimum atomic E-state index is -0.566. The third kappa shape index (κ3) is 17.3. The molecule has 92 heavy (non-hydrogen) atoms. The molecule has 0 aliphatic carbocycles. The van der Waals surface area contributed by atoms with E-state index in [1.165, 1.54) is 5.39 Å². The Morgan fingerprint density at radius 3 is 1.17 bits per heavy atom. The van der Waals surface area contributed by atoms with Gasteiger partial charge in [0.15, 0.2) is 0 Å². The normalized spacial score (nSPS) is 15.1. The molecular formula is C80H94N8O4. The lowest BCUT2D eigenvalue weighted by Gasteiger charge is -2.32. The number of hydrogen-bond donors (Lipinski definition) is 4. The third-order valence-electron chi connectivity index (χ3n) is 17.1. The molecule has 0 bridgehead atoms. The highest BCUT2D eigenvalue weighted by molar-refractivity contribution is 6.04. The van der Waals surface area contributed by atoms with Gasteiger partial charge in [0.1, 0.15) is 22.9 Å². The summed E-state index contributed by atoms with van der Waals surface area (Å²) < 4.78 is 11.0. The Kier molecular flexibility index (Phi) is 19.3. The number of ether oxygens (including phenoxy) is 2. The zero-order valence-corrected chi connectivity index (χ0v) is 57.8. The lowest BCUT2D eigenvalue weighted by Crippen LogP contribution is -2.50. The summed E-state index contributed by atoms with van der Waals surface area (Å²) in [6, 6.07) is 38.0. The summed E-state index contributed by atoms with van der Waals surface area (Å²) in [5.74, 6) is 16.0. The Balaban J connectivity index is 0.000000223. The van der Waals surface area contributed by atoms with Gasteiger partial charge in [0.2, 0.25) is 0 Å². The molecular weight excluding hydrogens is 1140 g/mol. The summed E-state index contributed by atoms with van der Waals surface area (Å²) in [6.07, 6.45) is 8.01. The molecule has 0 unspecified atom stereocenters. The first kappa shape index (κ1) is 67.4. The van der Waals surface area contributed by atoms with Gasteiger partial charge in [-0.05, 0) is 161 Å². The molecule has 10 rings (SSSR count). The van der Waals surface area contributed by atoms with Crippen LogP contribution in [0.25, 0.3) is 60.4 Å². The number of alkyl carbamates (subject to hydrolysis) is 2.